The number of carbonyl (C=O) groups excluding carboxylic acids is 1. The Balaban J connectivity index is 2.43. The second kappa shape index (κ2) is 4.56. The SMILES string of the molecule is Cn1cnn(CCCC(=O)NN)c1=O. The van der Waals surface area contributed by atoms with Crippen molar-refractivity contribution in [3.63, 3.8) is 0 Å². The van der Waals surface area contributed by atoms with Crippen LogP contribution in [0.5, 0.6) is 0 Å². The summed E-state index contributed by atoms with van der Waals surface area (Å²) in [7, 11) is 1.62. The third-order valence-electron chi connectivity index (χ3n) is 1.82. The van der Waals surface area contributed by atoms with Crippen LogP contribution >= 0.6 is 0 Å². The molecule has 7 heteroatoms. The molecule has 0 radical (unpaired) electrons. The standard InChI is InChI=1S/C7H13N5O2/c1-11-5-9-12(7(11)14)4-2-3-6(13)10-8/h5H,2-4,8H2,1H3,(H,10,13). The number of amides is 1. The van der Waals surface area contributed by atoms with Crippen molar-refractivity contribution in [2.24, 2.45) is 12.9 Å². The Morgan fingerprint density at radius 2 is 2.43 bits per heavy atom. The molecule has 78 valence electrons. The average molecular weight is 199 g/mol. The predicted molar refractivity (Wildman–Crippen MR) is 49.0 cm³/mol. The van der Waals surface area contributed by atoms with Crippen molar-refractivity contribution < 1.29 is 4.79 Å². The maximum absolute atomic E-state index is 11.3. The smallest absolute Gasteiger partial charge is 0.294 e. The van der Waals surface area contributed by atoms with Crippen LogP contribution in [0.3, 0.4) is 0 Å². The second-order valence-corrected chi connectivity index (χ2v) is 2.92. The van der Waals surface area contributed by atoms with Crippen LogP contribution in [0.4, 0.5) is 0 Å². The Labute approximate surface area is 80.5 Å². The van der Waals surface area contributed by atoms with E-state index in [1.54, 1.807) is 7.05 Å². The molecule has 1 aromatic rings. The molecule has 1 rings (SSSR count). The van der Waals surface area contributed by atoms with Gasteiger partial charge in [0.15, 0.2) is 0 Å². The quantitative estimate of drug-likeness (QED) is 0.345. The Bertz CT molecular complexity index is 366. The molecular formula is C7H13N5O2. The number of hydrogen-bond acceptors (Lipinski definition) is 4. The molecule has 0 fully saturated rings. The molecule has 0 spiro atoms. The summed E-state index contributed by atoms with van der Waals surface area (Å²) in [5.74, 6) is 4.66. The fourth-order valence-corrected chi connectivity index (χ4v) is 1.04. The van der Waals surface area contributed by atoms with E-state index in [1.807, 2.05) is 5.43 Å². The van der Waals surface area contributed by atoms with Crippen molar-refractivity contribution in [3.8, 4) is 0 Å². The van der Waals surface area contributed by atoms with Gasteiger partial charge in [0.25, 0.3) is 0 Å². The molecule has 0 atom stereocenters. The van der Waals surface area contributed by atoms with Gasteiger partial charge in [-0.25, -0.2) is 15.3 Å². The van der Waals surface area contributed by atoms with Gasteiger partial charge in [-0.05, 0) is 6.42 Å². The fourth-order valence-electron chi connectivity index (χ4n) is 1.04. The summed E-state index contributed by atoms with van der Waals surface area (Å²) in [5, 5.41) is 3.84. The number of hydrazine groups is 1. The number of nitrogens with zero attached hydrogens (tertiary/aromatic N) is 3. The number of carbonyl (C=O) groups is 1. The van der Waals surface area contributed by atoms with Crippen molar-refractivity contribution in [2.75, 3.05) is 0 Å². The summed E-state index contributed by atoms with van der Waals surface area (Å²) in [4.78, 5) is 22.0. The van der Waals surface area contributed by atoms with Crippen LogP contribution in [0.2, 0.25) is 0 Å². The molecule has 14 heavy (non-hydrogen) atoms. The molecular weight excluding hydrogens is 186 g/mol. The maximum Gasteiger partial charge on any atom is 0.345 e. The van der Waals surface area contributed by atoms with Crippen molar-refractivity contribution in [2.45, 2.75) is 19.4 Å². The highest BCUT2D eigenvalue weighted by molar-refractivity contribution is 5.74. The molecule has 3 N–H and O–H groups in total. The van der Waals surface area contributed by atoms with Crippen molar-refractivity contribution in [1.82, 2.24) is 19.8 Å². The van der Waals surface area contributed by atoms with E-state index in [1.165, 1.54) is 15.6 Å². The van der Waals surface area contributed by atoms with Gasteiger partial charge in [0.1, 0.15) is 6.33 Å². The zero-order valence-corrected chi connectivity index (χ0v) is 7.93. The molecule has 1 heterocycles. The predicted octanol–water partition coefficient (Wildman–Crippen LogP) is -1.65. The van der Waals surface area contributed by atoms with E-state index in [4.69, 9.17) is 5.84 Å². The average Bonchev–Trinajstić information content (AvgIpc) is 2.49. The molecule has 0 aliphatic heterocycles. The van der Waals surface area contributed by atoms with Crippen LogP contribution in [0.15, 0.2) is 11.1 Å². The fraction of sp³-hybridized carbons (Fsp3) is 0.571. The minimum Gasteiger partial charge on any atom is -0.294 e. The molecule has 0 aromatic carbocycles. The van der Waals surface area contributed by atoms with Crippen LogP contribution in [0, 0.1) is 0 Å². The van der Waals surface area contributed by atoms with Crippen molar-refractivity contribution in [3.05, 3.63) is 16.8 Å². The maximum atomic E-state index is 11.3. The van der Waals surface area contributed by atoms with Crippen LogP contribution in [-0.4, -0.2) is 20.3 Å². The van der Waals surface area contributed by atoms with E-state index in [0.717, 1.165) is 0 Å². The van der Waals surface area contributed by atoms with Gasteiger partial charge < -0.3 is 0 Å². The molecule has 0 aliphatic carbocycles. The van der Waals surface area contributed by atoms with Crippen LogP contribution < -0.4 is 17.0 Å². The molecule has 7 nitrogen and oxygen atoms in total. The number of nitrogens with two attached hydrogens (primary N) is 1. The monoisotopic (exact) mass is 199 g/mol. The molecule has 0 unspecified atom stereocenters. The zero-order valence-electron chi connectivity index (χ0n) is 7.93. The number of rotatable bonds is 4. The van der Waals surface area contributed by atoms with E-state index >= 15 is 0 Å². The summed E-state index contributed by atoms with van der Waals surface area (Å²) >= 11 is 0. The highest BCUT2D eigenvalue weighted by Gasteiger charge is 2.02. The summed E-state index contributed by atoms with van der Waals surface area (Å²) in [5.41, 5.74) is 1.84. The first-order valence-electron chi connectivity index (χ1n) is 4.23. The third kappa shape index (κ3) is 2.43. The van der Waals surface area contributed by atoms with E-state index in [0.29, 0.717) is 19.4 Å². The molecule has 1 amide bonds. The lowest BCUT2D eigenvalue weighted by Gasteiger charge is -1.99. The molecule has 0 saturated heterocycles. The Hall–Kier alpha value is -1.63. The van der Waals surface area contributed by atoms with Gasteiger partial charge in [0.05, 0.1) is 0 Å². The highest BCUT2D eigenvalue weighted by atomic mass is 16.2. The lowest BCUT2D eigenvalue weighted by molar-refractivity contribution is -0.121. The first-order valence-corrected chi connectivity index (χ1v) is 4.23. The summed E-state index contributed by atoms with van der Waals surface area (Å²) in [6.45, 7) is 0.424. The minimum absolute atomic E-state index is 0.182. The Kier molecular flexibility index (Phi) is 3.41. The van der Waals surface area contributed by atoms with Crippen LogP contribution in [0.25, 0.3) is 0 Å². The van der Waals surface area contributed by atoms with E-state index in [9.17, 15) is 9.59 Å². The van der Waals surface area contributed by atoms with E-state index in [2.05, 4.69) is 5.10 Å². The first kappa shape index (κ1) is 10.5. The minimum atomic E-state index is -0.242. The Morgan fingerprint density at radius 3 is 2.93 bits per heavy atom. The van der Waals surface area contributed by atoms with Crippen molar-refractivity contribution in [1.29, 1.82) is 0 Å². The summed E-state index contributed by atoms with van der Waals surface area (Å²) < 4.78 is 2.69. The van der Waals surface area contributed by atoms with Crippen LogP contribution in [0.1, 0.15) is 12.8 Å². The van der Waals surface area contributed by atoms with E-state index < -0.39 is 0 Å². The van der Waals surface area contributed by atoms with Gasteiger partial charge in [-0.2, -0.15) is 5.10 Å². The van der Waals surface area contributed by atoms with Crippen molar-refractivity contribution >= 4 is 5.91 Å². The van der Waals surface area contributed by atoms with Gasteiger partial charge >= 0.3 is 5.69 Å². The second-order valence-electron chi connectivity index (χ2n) is 2.92. The summed E-state index contributed by atoms with van der Waals surface area (Å²) in [6, 6.07) is 0. The molecule has 0 bridgehead atoms. The van der Waals surface area contributed by atoms with Gasteiger partial charge in [0, 0.05) is 20.0 Å². The molecule has 0 aliphatic rings. The molecule has 0 saturated carbocycles. The van der Waals surface area contributed by atoms with Gasteiger partial charge in [-0.3, -0.25) is 14.8 Å². The number of nitrogens with one attached hydrogen (secondary N) is 1. The number of aromatic nitrogens is 3. The Morgan fingerprint density at radius 1 is 1.71 bits per heavy atom. The van der Waals surface area contributed by atoms with Gasteiger partial charge in [0.2, 0.25) is 5.91 Å². The van der Waals surface area contributed by atoms with Gasteiger partial charge in [-0.15, -0.1) is 0 Å². The topological polar surface area (TPSA) is 94.9 Å². The highest BCUT2D eigenvalue weighted by Crippen LogP contribution is 1.90. The third-order valence-corrected chi connectivity index (χ3v) is 1.82. The number of aryl methyl sites for hydroxylation is 2. The van der Waals surface area contributed by atoms with Crippen LogP contribution in [-0.2, 0) is 18.4 Å². The normalized spacial score (nSPS) is 10.1. The molecule has 1 aromatic heterocycles. The lowest BCUT2D eigenvalue weighted by Crippen LogP contribution is -2.30. The summed E-state index contributed by atoms with van der Waals surface area (Å²) in [6.07, 6.45) is 2.27. The number of hydrogen-bond donors (Lipinski definition) is 2. The zero-order chi connectivity index (χ0) is 10.6. The van der Waals surface area contributed by atoms with E-state index in [-0.39, 0.29) is 11.6 Å². The largest absolute Gasteiger partial charge is 0.345 e. The lowest BCUT2D eigenvalue weighted by atomic mass is 10.3. The van der Waals surface area contributed by atoms with Gasteiger partial charge in [-0.1, -0.05) is 0 Å². The first-order chi connectivity index (χ1) is 6.65.